The van der Waals surface area contributed by atoms with Crippen molar-refractivity contribution in [3.8, 4) is 0 Å². The minimum atomic E-state index is -0.422. The number of hydrogen-bond donors (Lipinski definition) is 1. The highest BCUT2D eigenvalue weighted by atomic mass is 79.9. The number of carbonyl (C=O) groups excluding carboxylic acids is 1. The van der Waals surface area contributed by atoms with E-state index in [0.717, 1.165) is 4.47 Å². The van der Waals surface area contributed by atoms with E-state index < -0.39 is 5.97 Å². The normalized spacial score (nSPS) is 14.6. The molecule has 17 heavy (non-hydrogen) atoms. The Labute approximate surface area is 108 Å². The van der Waals surface area contributed by atoms with Crippen LogP contribution < -0.4 is 5.73 Å². The van der Waals surface area contributed by atoms with Crippen LogP contribution >= 0.6 is 15.9 Å². The number of ether oxygens (including phenoxy) is 2. The smallest absolute Gasteiger partial charge is 0.340 e. The minimum Gasteiger partial charge on any atom is -0.435 e. The summed E-state index contributed by atoms with van der Waals surface area (Å²) in [5.74, 6) is 0.240. The first-order chi connectivity index (χ1) is 8.15. The van der Waals surface area contributed by atoms with Crippen molar-refractivity contribution in [1.82, 2.24) is 0 Å². The van der Waals surface area contributed by atoms with Crippen LogP contribution in [0.25, 0.3) is 0 Å². The Balaban J connectivity index is 1.80. The third-order valence-corrected chi connectivity index (χ3v) is 2.94. The van der Waals surface area contributed by atoms with Gasteiger partial charge in [-0.1, -0.05) is 15.9 Å². The number of halogens is 1. The summed E-state index contributed by atoms with van der Waals surface area (Å²) in [5, 5.41) is 0. The molecule has 1 aromatic rings. The quantitative estimate of drug-likeness (QED) is 0.393. The van der Waals surface area contributed by atoms with E-state index in [-0.39, 0.29) is 6.79 Å². The molecule has 5 heteroatoms. The van der Waals surface area contributed by atoms with Crippen molar-refractivity contribution < 1.29 is 14.3 Å². The van der Waals surface area contributed by atoms with E-state index in [2.05, 4.69) is 15.9 Å². The van der Waals surface area contributed by atoms with E-state index in [4.69, 9.17) is 15.2 Å². The van der Waals surface area contributed by atoms with Crippen LogP contribution in [-0.2, 0) is 9.47 Å². The van der Waals surface area contributed by atoms with Gasteiger partial charge in [0.15, 0.2) is 6.79 Å². The molecule has 1 fully saturated rings. The molecule has 1 aliphatic carbocycles. The Morgan fingerprint density at radius 3 is 2.82 bits per heavy atom. The highest BCUT2D eigenvalue weighted by Crippen LogP contribution is 2.28. The van der Waals surface area contributed by atoms with Crippen LogP contribution in [0.1, 0.15) is 23.2 Å². The van der Waals surface area contributed by atoms with Crippen LogP contribution in [0.3, 0.4) is 0 Å². The summed E-state index contributed by atoms with van der Waals surface area (Å²) in [6.07, 6.45) is 2.44. The molecule has 0 unspecified atom stereocenters. The van der Waals surface area contributed by atoms with Gasteiger partial charge in [0.2, 0.25) is 0 Å². The first kappa shape index (κ1) is 12.4. The monoisotopic (exact) mass is 299 g/mol. The van der Waals surface area contributed by atoms with Crippen LogP contribution in [-0.4, -0.2) is 19.4 Å². The van der Waals surface area contributed by atoms with Gasteiger partial charge in [0.1, 0.15) is 0 Å². The predicted molar refractivity (Wildman–Crippen MR) is 67.5 cm³/mol. The number of rotatable bonds is 5. The minimum absolute atomic E-state index is 0.00174. The molecule has 0 atom stereocenters. The molecule has 0 aliphatic heterocycles. The molecule has 0 bridgehead atoms. The summed E-state index contributed by atoms with van der Waals surface area (Å²) in [4.78, 5) is 11.6. The maximum Gasteiger partial charge on any atom is 0.340 e. The molecule has 0 aromatic heterocycles. The lowest BCUT2D eigenvalue weighted by Gasteiger charge is -2.06. The summed E-state index contributed by atoms with van der Waals surface area (Å²) in [7, 11) is 0. The lowest BCUT2D eigenvalue weighted by Crippen LogP contribution is -2.10. The van der Waals surface area contributed by atoms with E-state index in [1.165, 1.54) is 12.8 Å². The van der Waals surface area contributed by atoms with Gasteiger partial charge < -0.3 is 15.2 Å². The Kier molecular flexibility index (Phi) is 4.02. The molecule has 0 radical (unpaired) electrons. The Morgan fingerprint density at radius 2 is 2.18 bits per heavy atom. The largest absolute Gasteiger partial charge is 0.435 e. The molecular weight excluding hydrogens is 286 g/mol. The van der Waals surface area contributed by atoms with Crippen molar-refractivity contribution in [3.05, 3.63) is 28.2 Å². The zero-order valence-electron chi connectivity index (χ0n) is 9.32. The fourth-order valence-corrected chi connectivity index (χ4v) is 1.92. The topological polar surface area (TPSA) is 61.6 Å². The van der Waals surface area contributed by atoms with Gasteiger partial charge in [-0.15, -0.1) is 0 Å². The molecular formula is C12H14BrNO3. The third kappa shape index (κ3) is 4.02. The second-order valence-electron chi connectivity index (χ2n) is 4.14. The van der Waals surface area contributed by atoms with Gasteiger partial charge in [-0.3, -0.25) is 0 Å². The zero-order valence-corrected chi connectivity index (χ0v) is 10.9. The van der Waals surface area contributed by atoms with Crippen molar-refractivity contribution in [2.75, 3.05) is 19.1 Å². The van der Waals surface area contributed by atoms with E-state index in [1.54, 1.807) is 18.2 Å². The second kappa shape index (κ2) is 5.51. The molecule has 4 nitrogen and oxygen atoms in total. The van der Waals surface area contributed by atoms with Crippen molar-refractivity contribution in [3.63, 3.8) is 0 Å². The summed E-state index contributed by atoms with van der Waals surface area (Å²) >= 11 is 3.27. The Morgan fingerprint density at radius 1 is 1.41 bits per heavy atom. The molecule has 0 amide bonds. The van der Waals surface area contributed by atoms with Crippen LogP contribution in [0.2, 0.25) is 0 Å². The maximum atomic E-state index is 11.6. The van der Waals surface area contributed by atoms with E-state index in [9.17, 15) is 4.79 Å². The standard InChI is InChI=1S/C12H14BrNO3/c13-10-3-9(4-11(14)5-10)12(15)17-7-16-6-8-1-2-8/h3-5,8H,1-2,6-7,14H2. The van der Waals surface area contributed by atoms with Crippen molar-refractivity contribution in [2.24, 2.45) is 5.92 Å². The SMILES string of the molecule is Nc1cc(Br)cc(C(=O)OCOCC2CC2)c1. The van der Waals surface area contributed by atoms with E-state index in [1.807, 2.05) is 0 Å². The Hall–Kier alpha value is -1.07. The first-order valence-electron chi connectivity index (χ1n) is 5.46. The van der Waals surface area contributed by atoms with Crippen molar-refractivity contribution in [2.45, 2.75) is 12.8 Å². The van der Waals surface area contributed by atoms with Gasteiger partial charge in [0.05, 0.1) is 12.2 Å². The molecule has 1 aromatic carbocycles. The van der Waals surface area contributed by atoms with Gasteiger partial charge in [-0.25, -0.2) is 4.79 Å². The average molecular weight is 300 g/mol. The van der Waals surface area contributed by atoms with E-state index >= 15 is 0 Å². The number of nitrogens with two attached hydrogens (primary N) is 1. The molecule has 0 heterocycles. The number of carbonyl (C=O) groups is 1. The van der Waals surface area contributed by atoms with Crippen molar-refractivity contribution >= 4 is 27.6 Å². The molecule has 0 saturated heterocycles. The summed E-state index contributed by atoms with van der Waals surface area (Å²) < 4.78 is 11.0. The third-order valence-electron chi connectivity index (χ3n) is 2.48. The van der Waals surface area contributed by atoms with Gasteiger partial charge in [0, 0.05) is 10.2 Å². The molecule has 2 rings (SSSR count). The van der Waals surface area contributed by atoms with Crippen molar-refractivity contribution in [1.29, 1.82) is 0 Å². The molecule has 2 N–H and O–H groups in total. The lowest BCUT2D eigenvalue weighted by atomic mass is 10.2. The first-order valence-corrected chi connectivity index (χ1v) is 6.25. The fraction of sp³-hybridized carbons (Fsp3) is 0.417. The van der Waals surface area contributed by atoms with E-state index in [0.29, 0.717) is 23.8 Å². The average Bonchev–Trinajstić information content (AvgIpc) is 3.06. The summed E-state index contributed by atoms with van der Waals surface area (Å²) in [6.45, 7) is 0.676. The van der Waals surface area contributed by atoms with Gasteiger partial charge in [-0.2, -0.15) is 0 Å². The number of hydrogen-bond acceptors (Lipinski definition) is 4. The number of anilines is 1. The highest BCUT2D eigenvalue weighted by Gasteiger charge is 2.21. The number of benzene rings is 1. The van der Waals surface area contributed by atoms with Crippen LogP contribution in [0.4, 0.5) is 5.69 Å². The predicted octanol–water partition coefficient (Wildman–Crippen LogP) is 2.57. The molecule has 0 spiro atoms. The summed E-state index contributed by atoms with van der Waals surface area (Å²) in [5.41, 5.74) is 6.57. The Bertz CT molecular complexity index is 398. The van der Waals surface area contributed by atoms with Gasteiger partial charge in [0.25, 0.3) is 0 Å². The second-order valence-corrected chi connectivity index (χ2v) is 5.05. The highest BCUT2D eigenvalue weighted by molar-refractivity contribution is 9.10. The number of esters is 1. The zero-order chi connectivity index (χ0) is 12.3. The molecule has 92 valence electrons. The van der Waals surface area contributed by atoms with Crippen LogP contribution in [0.15, 0.2) is 22.7 Å². The summed E-state index contributed by atoms with van der Waals surface area (Å²) in [6, 6.07) is 4.97. The molecule has 1 saturated carbocycles. The van der Waals surface area contributed by atoms with Crippen LogP contribution in [0.5, 0.6) is 0 Å². The van der Waals surface area contributed by atoms with Gasteiger partial charge in [-0.05, 0) is 37.0 Å². The van der Waals surface area contributed by atoms with Gasteiger partial charge >= 0.3 is 5.97 Å². The number of nitrogen functional groups attached to an aromatic ring is 1. The lowest BCUT2D eigenvalue weighted by molar-refractivity contribution is -0.0344. The maximum absolute atomic E-state index is 11.6. The molecule has 1 aliphatic rings. The fourth-order valence-electron chi connectivity index (χ4n) is 1.41. The van der Waals surface area contributed by atoms with Crippen LogP contribution in [0, 0.1) is 5.92 Å².